The Morgan fingerprint density at radius 2 is 1.63 bits per heavy atom. The minimum absolute atomic E-state index is 0.477. The Balaban J connectivity index is 2.25. The minimum atomic E-state index is 0.477. The molecule has 2 aromatic carbocycles. The predicted molar refractivity (Wildman–Crippen MR) is 73.6 cm³/mol. The largest absolute Gasteiger partial charge is 0.569 e. The van der Waals surface area contributed by atoms with E-state index in [-0.39, 0.29) is 0 Å². The van der Waals surface area contributed by atoms with E-state index in [2.05, 4.69) is 9.97 Å². The van der Waals surface area contributed by atoms with E-state index in [1.807, 2.05) is 36.4 Å². The molecule has 1 aromatic heterocycles. The van der Waals surface area contributed by atoms with Gasteiger partial charge in [-0.05, 0) is 17.7 Å². The van der Waals surface area contributed by atoms with Crippen LogP contribution in [0, 0.1) is 0 Å². The van der Waals surface area contributed by atoms with Gasteiger partial charge < -0.3 is 9.68 Å². The van der Waals surface area contributed by atoms with Crippen LogP contribution in [-0.4, -0.2) is 22.7 Å². The lowest BCUT2D eigenvalue weighted by atomic mass is 10.0. The molecule has 3 rings (SSSR count). The summed E-state index contributed by atoms with van der Waals surface area (Å²) in [5, 5.41) is 8.77. The summed E-state index contributed by atoms with van der Waals surface area (Å²) in [6.07, 6.45) is 3.24. The van der Waals surface area contributed by atoms with E-state index >= 15 is 0 Å². The van der Waals surface area contributed by atoms with Crippen molar-refractivity contribution in [2.24, 2.45) is 0 Å². The summed E-state index contributed by atoms with van der Waals surface area (Å²) in [5.41, 5.74) is 3.41. The molecule has 0 atom stereocenters. The second kappa shape index (κ2) is 5.08. The zero-order valence-corrected chi connectivity index (χ0v) is 10.0. The Morgan fingerprint density at radius 1 is 0.895 bits per heavy atom. The van der Waals surface area contributed by atoms with Gasteiger partial charge in [0, 0.05) is 18.0 Å². The van der Waals surface area contributed by atoms with Crippen LogP contribution in [0.25, 0.3) is 22.2 Å². The molecule has 19 heavy (non-hydrogen) atoms. The lowest BCUT2D eigenvalue weighted by Gasteiger charge is -2.09. The lowest BCUT2D eigenvalue weighted by molar-refractivity contribution is 0.456. The van der Waals surface area contributed by atoms with Gasteiger partial charge in [-0.2, -0.15) is 0 Å². The summed E-state index contributed by atoms with van der Waals surface area (Å²) < 4.78 is 5.04. The van der Waals surface area contributed by atoms with Gasteiger partial charge >= 0.3 is 7.69 Å². The van der Waals surface area contributed by atoms with E-state index in [9.17, 15) is 0 Å². The van der Waals surface area contributed by atoms with Gasteiger partial charge in [0.2, 0.25) is 0 Å². The first-order chi connectivity index (χ1) is 9.40. The fourth-order valence-electron chi connectivity index (χ4n) is 2.03. The van der Waals surface area contributed by atoms with Gasteiger partial charge in [0.1, 0.15) is 16.8 Å². The van der Waals surface area contributed by atoms with Gasteiger partial charge in [0.25, 0.3) is 0 Å². The molecule has 4 nitrogen and oxygen atoms in total. The Kier molecular flexibility index (Phi) is 3.12. The zero-order chi connectivity index (χ0) is 13.1. The molecular formula is C14H10BN2O2. The van der Waals surface area contributed by atoms with Gasteiger partial charge in [-0.25, -0.2) is 4.98 Å². The molecule has 1 heterocycles. The normalized spacial score (nSPS) is 10.4. The van der Waals surface area contributed by atoms with Gasteiger partial charge in [0.05, 0.1) is 0 Å². The van der Waals surface area contributed by atoms with Crippen molar-refractivity contribution in [1.29, 1.82) is 0 Å². The highest BCUT2D eigenvalue weighted by Gasteiger charge is 2.10. The van der Waals surface area contributed by atoms with Crippen LogP contribution in [-0.2, 0) is 0 Å². The molecule has 0 unspecified atom stereocenters. The molecule has 0 aliphatic rings. The van der Waals surface area contributed by atoms with Gasteiger partial charge in [-0.3, -0.25) is 4.98 Å². The number of aromatic nitrogens is 2. The average molecular weight is 249 g/mol. The smallest absolute Gasteiger partial charge is 0.536 e. The molecule has 91 valence electrons. The molecule has 0 spiro atoms. The van der Waals surface area contributed by atoms with Crippen LogP contribution < -0.4 is 4.65 Å². The molecule has 0 bridgehead atoms. The van der Waals surface area contributed by atoms with Crippen LogP contribution in [0.15, 0.2) is 54.9 Å². The van der Waals surface area contributed by atoms with Crippen LogP contribution in [0.4, 0.5) is 0 Å². The Morgan fingerprint density at radius 3 is 2.37 bits per heavy atom. The zero-order valence-electron chi connectivity index (χ0n) is 10.0. The first-order valence-electron chi connectivity index (χ1n) is 5.82. The van der Waals surface area contributed by atoms with Crippen molar-refractivity contribution in [2.45, 2.75) is 0 Å². The number of benzene rings is 2. The fourth-order valence-corrected chi connectivity index (χ4v) is 2.03. The van der Waals surface area contributed by atoms with Crippen molar-refractivity contribution >= 4 is 18.7 Å². The summed E-state index contributed by atoms with van der Waals surface area (Å²) >= 11 is 0. The third-order valence-corrected chi connectivity index (χ3v) is 2.85. The number of hydrogen-bond donors (Lipinski definition) is 1. The molecule has 1 N–H and O–H groups in total. The summed E-state index contributed by atoms with van der Waals surface area (Å²) in [6, 6.07) is 13.6. The maximum atomic E-state index is 8.77. The van der Waals surface area contributed by atoms with Crippen LogP contribution in [0.5, 0.6) is 5.75 Å². The van der Waals surface area contributed by atoms with Crippen LogP contribution in [0.1, 0.15) is 0 Å². The molecule has 0 aliphatic carbocycles. The van der Waals surface area contributed by atoms with Gasteiger partial charge in [0.15, 0.2) is 0 Å². The fraction of sp³-hybridized carbons (Fsp3) is 0. The van der Waals surface area contributed by atoms with E-state index in [4.69, 9.17) is 9.68 Å². The third-order valence-electron chi connectivity index (χ3n) is 2.85. The van der Waals surface area contributed by atoms with Gasteiger partial charge in [-0.15, -0.1) is 0 Å². The van der Waals surface area contributed by atoms with Crippen LogP contribution >= 0.6 is 0 Å². The number of fused-ring (bicyclic) bond motifs is 1. The molecule has 1 radical (unpaired) electrons. The second-order valence-corrected chi connectivity index (χ2v) is 3.95. The first-order valence-corrected chi connectivity index (χ1v) is 5.82. The highest BCUT2D eigenvalue weighted by Crippen LogP contribution is 2.31. The van der Waals surface area contributed by atoms with Gasteiger partial charge in [-0.1, -0.05) is 30.3 Å². The summed E-state index contributed by atoms with van der Waals surface area (Å²) in [4.78, 5) is 8.63. The maximum Gasteiger partial charge on any atom is 0.569 e. The van der Waals surface area contributed by atoms with Crippen molar-refractivity contribution in [2.75, 3.05) is 0 Å². The SMILES string of the molecule is O[B]Oc1ccc(-c2ccccc2)c2nccnc12. The molecule has 5 heteroatoms. The average Bonchev–Trinajstić information content (AvgIpc) is 2.49. The standard InChI is InChI=1S/C14H10BN2O2/c18-15-19-12-7-6-11(10-4-2-1-3-5-10)13-14(12)17-9-8-16-13/h1-9,18H. The Hall–Kier alpha value is -2.40. The van der Waals surface area contributed by atoms with Crippen LogP contribution in [0.2, 0.25) is 0 Å². The molecule has 0 amide bonds. The van der Waals surface area contributed by atoms with E-state index in [1.54, 1.807) is 18.5 Å². The summed E-state index contributed by atoms with van der Waals surface area (Å²) in [5.74, 6) is 0.477. The highest BCUT2D eigenvalue weighted by atomic mass is 16.5. The van der Waals surface area contributed by atoms with Crippen LogP contribution in [0.3, 0.4) is 0 Å². The summed E-state index contributed by atoms with van der Waals surface area (Å²) in [6.45, 7) is 0. The minimum Gasteiger partial charge on any atom is -0.536 e. The predicted octanol–water partition coefficient (Wildman–Crippen LogP) is 2.20. The van der Waals surface area contributed by atoms with E-state index < -0.39 is 0 Å². The maximum absolute atomic E-state index is 8.77. The van der Waals surface area contributed by atoms with Crippen molar-refractivity contribution in [3.63, 3.8) is 0 Å². The monoisotopic (exact) mass is 249 g/mol. The van der Waals surface area contributed by atoms with E-state index in [0.29, 0.717) is 19.0 Å². The number of nitrogens with zero attached hydrogens (tertiary/aromatic N) is 2. The van der Waals surface area contributed by atoms with Crippen molar-refractivity contribution in [1.82, 2.24) is 9.97 Å². The number of hydrogen-bond acceptors (Lipinski definition) is 4. The first kappa shape index (κ1) is 11.7. The quantitative estimate of drug-likeness (QED) is 0.723. The topological polar surface area (TPSA) is 55.2 Å². The third kappa shape index (κ3) is 2.16. The lowest BCUT2D eigenvalue weighted by Crippen LogP contribution is -2.01. The second-order valence-electron chi connectivity index (χ2n) is 3.95. The van der Waals surface area contributed by atoms with Crippen molar-refractivity contribution in [3.8, 4) is 16.9 Å². The molecule has 0 aliphatic heterocycles. The van der Waals surface area contributed by atoms with E-state index in [0.717, 1.165) is 16.6 Å². The molecule has 0 saturated carbocycles. The molecule has 3 aromatic rings. The Labute approximate surface area is 111 Å². The van der Waals surface area contributed by atoms with Crippen molar-refractivity contribution in [3.05, 3.63) is 54.9 Å². The highest BCUT2D eigenvalue weighted by molar-refractivity contribution is 6.18. The van der Waals surface area contributed by atoms with E-state index in [1.165, 1.54) is 0 Å². The summed E-state index contributed by atoms with van der Waals surface area (Å²) in [7, 11) is 0.644. The Bertz CT molecular complexity index is 704. The van der Waals surface area contributed by atoms with Crippen molar-refractivity contribution < 1.29 is 9.68 Å². The molecular weight excluding hydrogens is 239 g/mol. The molecule has 0 saturated heterocycles. The molecule has 0 fully saturated rings. The number of rotatable bonds is 3.